The Balaban J connectivity index is 2.10. The van der Waals surface area contributed by atoms with Gasteiger partial charge in [0.25, 0.3) is 0 Å². The number of hydrogen-bond acceptors (Lipinski definition) is 3. The Morgan fingerprint density at radius 1 is 0.800 bits per heavy atom. The molecule has 1 heterocycles. The molecule has 20 heavy (non-hydrogen) atoms. The average molecular weight is 336 g/mol. The van der Waals surface area contributed by atoms with Gasteiger partial charge in [0, 0.05) is 6.04 Å². The van der Waals surface area contributed by atoms with Gasteiger partial charge < -0.3 is 0 Å². The predicted molar refractivity (Wildman–Crippen MR) is 99.8 cm³/mol. The molecule has 4 heteroatoms. The summed E-state index contributed by atoms with van der Waals surface area (Å²) in [6.45, 7) is 0. The maximum Gasteiger partial charge on any atom is 0.0865 e. The molecule has 1 saturated heterocycles. The molecule has 0 unspecified atom stereocenters. The SMILES string of the molecule is S=P(c1ccccc1)(c1ccccc1)C1SCCCS1. The van der Waals surface area contributed by atoms with Crippen molar-refractivity contribution in [1.29, 1.82) is 0 Å². The zero-order chi connectivity index (χ0) is 13.8. The van der Waals surface area contributed by atoms with Gasteiger partial charge in [-0.05, 0) is 28.5 Å². The Labute approximate surface area is 134 Å². The van der Waals surface area contributed by atoms with Crippen LogP contribution in [-0.4, -0.2) is 15.8 Å². The molecule has 0 atom stereocenters. The second-order valence-corrected chi connectivity index (χ2v) is 12.7. The third kappa shape index (κ3) is 2.87. The standard InChI is InChI=1S/C16H17PS3/c18-17(14-8-3-1-4-9-14,15-10-5-2-6-11-15)16-19-12-7-13-20-16/h1-6,8-11,16H,7,12-13H2. The van der Waals surface area contributed by atoms with Crippen molar-refractivity contribution < 1.29 is 0 Å². The van der Waals surface area contributed by atoms with Gasteiger partial charge in [-0.2, -0.15) is 0 Å². The molecular weight excluding hydrogens is 319 g/mol. The summed E-state index contributed by atoms with van der Waals surface area (Å²) >= 11 is 10.5. The van der Waals surface area contributed by atoms with E-state index in [-0.39, 0.29) is 0 Å². The second-order valence-electron chi connectivity index (χ2n) is 4.73. The molecule has 0 aliphatic carbocycles. The van der Waals surface area contributed by atoms with E-state index in [2.05, 4.69) is 84.2 Å². The maximum atomic E-state index is 6.32. The third-order valence-electron chi connectivity index (χ3n) is 3.39. The summed E-state index contributed by atoms with van der Waals surface area (Å²) in [6, 6.07) is 19.8. The maximum absolute atomic E-state index is 6.32. The fourth-order valence-corrected chi connectivity index (χ4v) is 12.2. The summed E-state index contributed by atoms with van der Waals surface area (Å²) in [5.74, 6) is 2.49. The van der Waals surface area contributed by atoms with Crippen molar-refractivity contribution in [3.8, 4) is 0 Å². The van der Waals surface area contributed by atoms with Gasteiger partial charge in [0.2, 0.25) is 0 Å². The lowest BCUT2D eigenvalue weighted by Gasteiger charge is -2.33. The quantitative estimate of drug-likeness (QED) is 0.768. The lowest BCUT2D eigenvalue weighted by Crippen LogP contribution is -2.24. The first kappa shape index (κ1) is 14.7. The lowest BCUT2D eigenvalue weighted by atomic mass is 10.4. The second kappa shape index (κ2) is 6.70. The first-order valence-corrected chi connectivity index (χ1v) is 11.7. The zero-order valence-corrected chi connectivity index (χ0v) is 14.5. The molecule has 0 N–H and O–H groups in total. The minimum Gasteiger partial charge on any atom is -0.141 e. The Morgan fingerprint density at radius 2 is 1.25 bits per heavy atom. The van der Waals surface area contributed by atoms with Gasteiger partial charge in [-0.1, -0.05) is 72.5 Å². The van der Waals surface area contributed by atoms with Crippen molar-refractivity contribution >= 4 is 52.0 Å². The molecule has 2 aromatic carbocycles. The molecule has 104 valence electrons. The minimum atomic E-state index is -1.74. The van der Waals surface area contributed by atoms with Crippen LogP contribution in [0.3, 0.4) is 0 Å². The molecule has 2 aromatic rings. The normalized spacial score (nSPS) is 17.0. The van der Waals surface area contributed by atoms with Crippen molar-refractivity contribution in [1.82, 2.24) is 0 Å². The Bertz CT molecular complexity index is 548. The van der Waals surface area contributed by atoms with E-state index in [4.69, 9.17) is 11.8 Å². The van der Waals surface area contributed by atoms with Gasteiger partial charge in [0.1, 0.15) is 0 Å². The number of benzene rings is 2. The molecule has 0 amide bonds. The molecule has 0 bridgehead atoms. The van der Waals surface area contributed by atoms with E-state index in [0.717, 1.165) is 0 Å². The number of thioether (sulfide) groups is 2. The van der Waals surface area contributed by atoms with E-state index in [1.807, 2.05) is 0 Å². The van der Waals surface area contributed by atoms with Crippen molar-refractivity contribution in [2.45, 2.75) is 10.7 Å². The molecule has 3 rings (SSSR count). The van der Waals surface area contributed by atoms with Gasteiger partial charge in [-0.25, -0.2) is 0 Å². The lowest BCUT2D eigenvalue weighted by molar-refractivity contribution is 1.12. The summed E-state index contributed by atoms with van der Waals surface area (Å²) in [4.78, 5) is 0. The largest absolute Gasteiger partial charge is 0.141 e. The number of rotatable bonds is 3. The predicted octanol–water partition coefficient (Wildman–Crippen LogP) is 4.27. The molecule has 1 aliphatic rings. The molecular formula is C16H17PS3. The summed E-state index contributed by atoms with van der Waals surface area (Å²) in [6.07, 6.45) is 1.31. The van der Waals surface area contributed by atoms with Crippen molar-refractivity contribution in [3.05, 3.63) is 60.7 Å². The van der Waals surface area contributed by atoms with Crippen LogP contribution in [0.25, 0.3) is 0 Å². The Kier molecular flexibility index (Phi) is 4.93. The summed E-state index contributed by atoms with van der Waals surface area (Å²) in [5, 5.41) is 2.71. The Hall–Kier alpha value is -0.210. The van der Waals surface area contributed by atoms with Gasteiger partial charge in [0.15, 0.2) is 0 Å². The van der Waals surface area contributed by atoms with Crippen LogP contribution in [0.5, 0.6) is 0 Å². The van der Waals surface area contributed by atoms with Crippen LogP contribution in [0.1, 0.15) is 6.42 Å². The van der Waals surface area contributed by atoms with Crippen LogP contribution in [0.15, 0.2) is 60.7 Å². The van der Waals surface area contributed by atoms with Crippen LogP contribution < -0.4 is 10.6 Å². The van der Waals surface area contributed by atoms with Crippen LogP contribution in [0, 0.1) is 0 Å². The smallest absolute Gasteiger partial charge is 0.0865 e. The summed E-state index contributed by atoms with van der Waals surface area (Å²) in [7, 11) is 0. The van der Waals surface area contributed by atoms with Crippen molar-refractivity contribution in [3.63, 3.8) is 0 Å². The highest BCUT2D eigenvalue weighted by Gasteiger charge is 2.34. The van der Waals surface area contributed by atoms with E-state index in [9.17, 15) is 0 Å². The van der Waals surface area contributed by atoms with Gasteiger partial charge in [-0.15, -0.1) is 23.5 Å². The Morgan fingerprint density at radius 3 is 1.70 bits per heavy atom. The minimum absolute atomic E-state index is 0.524. The number of hydrogen-bond donors (Lipinski definition) is 0. The first-order valence-electron chi connectivity index (χ1n) is 6.76. The van der Waals surface area contributed by atoms with Crippen LogP contribution in [0.4, 0.5) is 0 Å². The van der Waals surface area contributed by atoms with Gasteiger partial charge in [0.05, 0.1) is 4.32 Å². The fourth-order valence-electron chi connectivity index (χ4n) is 2.38. The highest BCUT2D eigenvalue weighted by molar-refractivity contribution is 8.37. The molecule has 1 aliphatic heterocycles. The molecule has 0 saturated carbocycles. The third-order valence-corrected chi connectivity index (χ3v) is 14.0. The van der Waals surface area contributed by atoms with E-state index in [1.165, 1.54) is 28.5 Å². The molecule has 0 radical (unpaired) electrons. The topological polar surface area (TPSA) is 0 Å². The van der Waals surface area contributed by atoms with E-state index < -0.39 is 6.04 Å². The van der Waals surface area contributed by atoms with Crippen LogP contribution >= 0.6 is 29.6 Å². The molecule has 0 nitrogen and oxygen atoms in total. The van der Waals surface area contributed by atoms with Crippen molar-refractivity contribution in [2.24, 2.45) is 0 Å². The van der Waals surface area contributed by atoms with Crippen LogP contribution in [-0.2, 0) is 11.8 Å². The van der Waals surface area contributed by atoms with Gasteiger partial charge in [-0.3, -0.25) is 0 Å². The fraction of sp³-hybridized carbons (Fsp3) is 0.250. The average Bonchev–Trinajstić information content (AvgIpc) is 2.56. The van der Waals surface area contributed by atoms with E-state index in [0.29, 0.717) is 4.32 Å². The van der Waals surface area contributed by atoms with Crippen LogP contribution in [0.2, 0.25) is 0 Å². The molecule has 0 spiro atoms. The van der Waals surface area contributed by atoms with E-state index in [1.54, 1.807) is 0 Å². The van der Waals surface area contributed by atoms with E-state index >= 15 is 0 Å². The highest BCUT2D eigenvalue weighted by Crippen LogP contribution is 2.59. The van der Waals surface area contributed by atoms with Gasteiger partial charge >= 0.3 is 0 Å². The molecule has 0 aromatic heterocycles. The summed E-state index contributed by atoms with van der Waals surface area (Å²) in [5.41, 5.74) is 0. The molecule has 1 fully saturated rings. The highest BCUT2D eigenvalue weighted by atomic mass is 32.5. The zero-order valence-electron chi connectivity index (χ0n) is 11.1. The van der Waals surface area contributed by atoms with Crippen molar-refractivity contribution in [2.75, 3.05) is 11.5 Å². The first-order chi connectivity index (χ1) is 9.82. The summed E-state index contributed by atoms with van der Waals surface area (Å²) < 4.78 is 0.524. The monoisotopic (exact) mass is 336 g/mol.